The molecule has 0 aromatic carbocycles. The summed E-state index contributed by atoms with van der Waals surface area (Å²) in [7, 11) is -12.2. The summed E-state index contributed by atoms with van der Waals surface area (Å²) < 4.78 is 109. The molecule has 6 rings (SSSR count). The number of fused-ring (bicyclic) bond motifs is 2. The number of aliphatic hydroxyl groups excluding tert-OH is 2. The molecule has 6 aliphatic rings. The number of hydrogen-bond acceptors (Lipinski definition) is 14. The summed E-state index contributed by atoms with van der Waals surface area (Å²) >= 11 is 0. The van der Waals surface area contributed by atoms with E-state index in [1.165, 1.54) is 26.4 Å². The average molecular weight is 876 g/mol. The molecule has 315 valence electrons. The van der Waals surface area contributed by atoms with Gasteiger partial charge in [-0.3, -0.25) is 13.7 Å². The fraction of sp³-hybridized carbons (Fsp3) is 1.00. The van der Waals surface area contributed by atoms with Crippen molar-refractivity contribution in [1.29, 1.82) is 0 Å². The molecule has 0 aliphatic heterocycles. The molecular weight excluding hydrogens is 818 g/mol. The van der Waals surface area contributed by atoms with E-state index in [4.69, 9.17) is 4.74 Å². The number of aliphatic hydroxyl groups is 2. The minimum atomic E-state index is -4.57. The van der Waals surface area contributed by atoms with Crippen LogP contribution in [0.1, 0.15) is 103 Å². The zero-order chi connectivity index (χ0) is 38.3. The number of nitrogens with zero attached hydrogens (tertiary/aromatic N) is 4. The van der Waals surface area contributed by atoms with E-state index >= 15 is 0 Å². The standard InChI is InChI=1S/C33H57N5O12S3.Cu/c1-50-29-17-26(28(39)16-27(29)37-35-22-8-9-24-18(12-22)13-23(51(41,42)43)15-30(24)52(44,45)46)36-38-32-31(53(47,48)49)14-19-11-21(7-10-25(19)33(32)40)34-20-5-3-2-4-6-20;/h18-34,39-40H,2-17H2,1H3,(H,41,42,43)(H,44,45,46)(H,47,48,49);. The first-order valence-electron chi connectivity index (χ1n) is 19.3. The van der Waals surface area contributed by atoms with Crippen molar-refractivity contribution in [2.24, 2.45) is 44.1 Å². The van der Waals surface area contributed by atoms with Crippen molar-refractivity contribution in [2.75, 3.05) is 7.11 Å². The fourth-order valence-corrected chi connectivity index (χ4v) is 14.0. The summed E-state index contributed by atoms with van der Waals surface area (Å²) in [4.78, 5) is 0. The maximum absolute atomic E-state index is 12.6. The molecule has 15 atom stereocenters. The van der Waals surface area contributed by atoms with Crippen LogP contribution in [-0.2, 0) is 52.2 Å². The Balaban J connectivity index is 0.00000561. The van der Waals surface area contributed by atoms with Crippen molar-refractivity contribution in [3.63, 3.8) is 0 Å². The fourth-order valence-electron chi connectivity index (χ4n) is 10.6. The second-order valence-electron chi connectivity index (χ2n) is 16.7. The third kappa shape index (κ3) is 10.5. The minimum absolute atomic E-state index is 0. The van der Waals surface area contributed by atoms with Crippen LogP contribution in [0.2, 0.25) is 0 Å². The summed E-state index contributed by atoms with van der Waals surface area (Å²) in [6.45, 7) is 0. The van der Waals surface area contributed by atoms with Crippen molar-refractivity contribution >= 4 is 30.4 Å². The number of ether oxygens (including phenoxy) is 1. The Morgan fingerprint density at radius 3 is 1.89 bits per heavy atom. The van der Waals surface area contributed by atoms with E-state index in [1.54, 1.807) is 0 Å². The van der Waals surface area contributed by atoms with Gasteiger partial charge >= 0.3 is 0 Å². The predicted octanol–water partition coefficient (Wildman–Crippen LogP) is 2.98. The van der Waals surface area contributed by atoms with Crippen LogP contribution in [0.5, 0.6) is 0 Å². The van der Waals surface area contributed by atoms with Gasteiger partial charge in [0.15, 0.2) is 0 Å². The van der Waals surface area contributed by atoms with Crippen LogP contribution in [0, 0.1) is 23.7 Å². The molecule has 0 saturated heterocycles. The molecule has 6 aliphatic carbocycles. The third-order valence-electron chi connectivity index (χ3n) is 13.4. The second-order valence-corrected chi connectivity index (χ2v) is 21.6. The van der Waals surface area contributed by atoms with Gasteiger partial charge in [-0.2, -0.15) is 45.7 Å². The molecule has 0 spiro atoms. The molecule has 0 heterocycles. The van der Waals surface area contributed by atoms with Crippen LogP contribution in [-0.4, -0.2) is 127 Å². The monoisotopic (exact) mass is 874 g/mol. The summed E-state index contributed by atoms with van der Waals surface area (Å²) in [6.07, 6.45) is 6.74. The first-order valence-corrected chi connectivity index (χ1v) is 23.8. The molecule has 6 saturated carbocycles. The largest absolute Gasteiger partial charge is 0.391 e. The van der Waals surface area contributed by atoms with Crippen LogP contribution >= 0.6 is 0 Å². The number of rotatable bonds is 10. The topological polar surface area (TPSA) is 274 Å². The molecule has 54 heavy (non-hydrogen) atoms. The molecule has 0 aromatic rings. The molecule has 15 unspecified atom stereocenters. The number of azo groups is 2. The van der Waals surface area contributed by atoms with Crippen molar-refractivity contribution in [2.45, 2.75) is 173 Å². The second kappa shape index (κ2) is 18.1. The van der Waals surface area contributed by atoms with Crippen molar-refractivity contribution in [3.8, 4) is 0 Å². The van der Waals surface area contributed by atoms with Crippen LogP contribution in [0.15, 0.2) is 20.5 Å². The molecule has 0 aromatic heterocycles. The molecule has 6 fully saturated rings. The van der Waals surface area contributed by atoms with Gasteiger partial charge in [-0.15, -0.1) is 0 Å². The average Bonchev–Trinajstić information content (AvgIpc) is 3.09. The Morgan fingerprint density at radius 2 is 1.24 bits per heavy atom. The van der Waals surface area contributed by atoms with Crippen molar-refractivity contribution in [1.82, 2.24) is 5.32 Å². The summed E-state index contributed by atoms with van der Waals surface area (Å²) in [6, 6.07) is -2.24. The van der Waals surface area contributed by atoms with Crippen LogP contribution < -0.4 is 5.32 Å². The van der Waals surface area contributed by atoms with Crippen molar-refractivity contribution in [3.05, 3.63) is 0 Å². The molecule has 21 heteroatoms. The van der Waals surface area contributed by atoms with Gasteiger partial charge < -0.3 is 20.3 Å². The SMILES string of the molecule is COC1CC(N=NC2C(O)C3CCC(NC4CCCCC4)CC3CC2S(=O)(=O)O)C(O)CC1N=NC1CCC2C(C1)CC(S(=O)(=O)O)CC2S(=O)(=O)O.[Cu]. The van der Waals surface area contributed by atoms with Crippen LogP contribution in [0.25, 0.3) is 0 Å². The van der Waals surface area contributed by atoms with Gasteiger partial charge in [0, 0.05) is 49.1 Å². The summed E-state index contributed by atoms with van der Waals surface area (Å²) in [5, 5.41) is 40.1. The summed E-state index contributed by atoms with van der Waals surface area (Å²) in [5.41, 5.74) is 0. The van der Waals surface area contributed by atoms with Gasteiger partial charge in [-0.05, 0) is 94.3 Å². The number of hydrogen-bond donors (Lipinski definition) is 6. The quantitative estimate of drug-likeness (QED) is 0.105. The Hall–Kier alpha value is -0.711. The first kappa shape index (κ1) is 44.4. The summed E-state index contributed by atoms with van der Waals surface area (Å²) in [5.74, 6) is -1.18. The maximum Gasteiger partial charge on any atom is 0.270 e. The zero-order valence-electron chi connectivity index (χ0n) is 30.5. The molecular formula is C33H57CuN5O12S3. The van der Waals surface area contributed by atoms with Gasteiger partial charge in [0.05, 0.1) is 46.9 Å². The van der Waals surface area contributed by atoms with Gasteiger partial charge in [0.1, 0.15) is 11.3 Å². The van der Waals surface area contributed by atoms with E-state index in [9.17, 15) is 49.1 Å². The molecule has 6 N–H and O–H groups in total. The van der Waals surface area contributed by atoms with Gasteiger partial charge in [0.25, 0.3) is 30.4 Å². The van der Waals surface area contributed by atoms with E-state index in [1.807, 2.05) is 0 Å². The third-order valence-corrected chi connectivity index (χ3v) is 17.2. The van der Waals surface area contributed by atoms with E-state index in [0.29, 0.717) is 31.7 Å². The molecule has 17 nitrogen and oxygen atoms in total. The van der Waals surface area contributed by atoms with Gasteiger partial charge in [-0.25, -0.2) is 0 Å². The van der Waals surface area contributed by atoms with Crippen molar-refractivity contribution < 1.29 is 70.9 Å². The molecule has 0 amide bonds. The Labute approximate surface area is 329 Å². The van der Waals surface area contributed by atoms with E-state index in [2.05, 4.69) is 25.8 Å². The van der Waals surface area contributed by atoms with E-state index in [-0.39, 0.29) is 73.1 Å². The van der Waals surface area contributed by atoms with Crippen LogP contribution in [0.3, 0.4) is 0 Å². The van der Waals surface area contributed by atoms with E-state index < -0.39 is 94.4 Å². The maximum atomic E-state index is 12.6. The Kier molecular flexibility index (Phi) is 14.8. The Morgan fingerprint density at radius 1 is 0.593 bits per heavy atom. The first-order chi connectivity index (χ1) is 24.9. The van der Waals surface area contributed by atoms with Gasteiger partial charge in [-0.1, -0.05) is 19.3 Å². The number of nitrogens with one attached hydrogen (secondary N) is 1. The molecule has 0 bridgehead atoms. The minimum Gasteiger partial charge on any atom is -0.391 e. The normalized spacial score (nSPS) is 43.0. The predicted molar refractivity (Wildman–Crippen MR) is 192 cm³/mol. The Bertz CT molecular complexity index is 1670. The molecule has 1 radical (unpaired) electrons. The van der Waals surface area contributed by atoms with Crippen LogP contribution in [0.4, 0.5) is 0 Å². The van der Waals surface area contributed by atoms with Gasteiger partial charge in [0.2, 0.25) is 0 Å². The van der Waals surface area contributed by atoms with E-state index in [0.717, 1.165) is 25.7 Å². The smallest absolute Gasteiger partial charge is 0.270 e. The number of methoxy groups -OCH3 is 1. The zero-order valence-corrected chi connectivity index (χ0v) is 33.9.